The van der Waals surface area contributed by atoms with E-state index in [0.717, 1.165) is 16.8 Å². The van der Waals surface area contributed by atoms with Crippen LogP contribution in [-0.4, -0.2) is 60.7 Å². The fourth-order valence-electron chi connectivity index (χ4n) is 3.73. The van der Waals surface area contributed by atoms with Crippen LogP contribution in [0.4, 0.5) is 10.2 Å². The summed E-state index contributed by atoms with van der Waals surface area (Å²) in [4.78, 5) is 44.3. The molecule has 0 saturated carbocycles. The predicted octanol–water partition coefficient (Wildman–Crippen LogP) is 0.152. The molecule has 0 saturated heterocycles. The number of fused-ring (bicyclic) bond motifs is 2. The summed E-state index contributed by atoms with van der Waals surface area (Å²) in [5, 5.41) is 16.1. The lowest BCUT2D eigenvalue weighted by Gasteiger charge is -2.23. The number of ether oxygens (including phenoxy) is 1. The molecule has 2 amide bonds. The monoisotopic (exact) mass is 444 g/mol. The highest BCUT2D eigenvalue weighted by Crippen LogP contribution is 2.24. The van der Waals surface area contributed by atoms with Gasteiger partial charge in [-0.15, -0.1) is 0 Å². The lowest BCUT2D eigenvalue weighted by atomic mass is 10.2. The van der Waals surface area contributed by atoms with Gasteiger partial charge in [0.1, 0.15) is 29.5 Å². The standard InChI is InChI=1S/C20H21FN6O5/c1-11(10-32-2)25-7-14-18(20(25)31)26(17-5-13(9-28)24-27(17)19(14)30)8-16(29)23-15-4-3-12(21)6-22-15/h3-6,11,28H,7-10H2,1-2H3,(H,22,23,29)/t11-/m0/s1. The van der Waals surface area contributed by atoms with Gasteiger partial charge < -0.3 is 24.6 Å². The fourth-order valence-corrected chi connectivity index (χ4v) is 3.73. The molecule has 1 aliphatic heterocycles. The van der Waals surface area contributed by atoms with E-state index >= 15 is 0 Å². The molecule has 0 spiro atoms. The zero-order valence-electron chi connectivity index (χ0n) is 17.4. The van der Waals surface area contributed by atoms with Crippen molar-refractivity contribution in [2.24, 2.45) is 0 Å². The van der Waals surface area contributed by atoms with Crippen LogP contribution in [0, 0.1) is 5.82 Å². The Morgan fingerprint density at radius 2 is 2.16 bits per heavy atom. The maximum Gasteiger partial charge on any atom is 0.280 e. The molecule has 0 fully saturated rings. The van der Waals surface area contributed by atoms with E-state index in [1.54, 1.807) is 6.92 Å². The van der Waals surface area contributed by atoms with Crippen molar-refractivity contribution in [1.82, 2.24) is 24.1 Å². The summed E-state index contributed by atoms with van der Waals surface area (Å²) in [5.41, 5.74) is 0.196. The second kappa shape index (κ2) is 8.48. The Hall–Kier alpha value is -3.64. The molecule has 12 heteroatoms. The Labute approximate surface area is 181 Å². The van der Waals surface area contributed by atoms with Gasteiger partial charge in [0, 0.05) is 13.2 Å². The first-order chi connectivity index (χ1) is 15.3. The first-order valence-corrected chi connectivity index (χ1v) is 9.80. The Morgan fingerprint density at radius 1 is 1.38 bits per heavy atom. The molecule has 1 aliphatic rings. The van der Waals surface area contributed by atoms with E-state index in [9.17, 15) is 23.9 Å². The predicted molar refractivity (Wildman–Crippen MR) is 109 cm³/mol. The second-order valence-electron chi connectivity index (χ2n) is 7.43. The zero-order valence-corrected chi connectivity index (χ0v) is 17.4. The first-order valence-electron chi connectivity index (χ1n) is 9.80. The lowest BCUT2D eigenvalue weighted by Crippen LogP contribution is -2.37. The van der Waals surface area contributed by atoms with Crippen molar-refractivity contribution in [3.63, 3.8) is 0 Å². The van der Waals surface area contributed by atoms with E-state index in [1.807, 2.05) is 0 Å². The van der Waals surface area contributed by atoms with Crippen molar-refractivity contribution in [2.75, 3.05) is 19.0 Å². The third-order valence-electron chi connectivity index (χ3n) is 5.21. The SMILES string of the molecule is COC[C@H](C)N1Cc2c(n(CC(=O)Nc3ccc(F)cn3)c3cc(CO)nn3c2=O)C1=O. The van der Waals surface area contributed by atoms with E-state index in [2.05, 4.69) is 15.4 Å². The van der Waals surface area contributed by atoms with Gasteiger partial charge in [0.25, 0.3) is 11.5 Å². The number of rotatable bonds is 7. The number of halogens is 1. The quantitative estimate of drug-likeness (QED) is 0.530. The minimum atomic E-state index is -0.547. The molecule has 32 heavy (non-hydrogen) atoms. The molecule has 3 aromatic rings. The van der Waals surface area contributed by atoms with Crippen LogP contribution >= 0.6 is 0 Å². The Morgan fingerprint density at radius 3 is 2.81 bits per heavy atom. The molecule has 4 heterocycles. The maximum atomic E-state index is 13.2. The highest BCUT2D eigenvalue weighted by molar-refractivity contribution is 5.98. The highest BCUT2D eigenvalue weighted by atomic mass is 19.1. The molecular formula is C20H21FN6O5. The summed E-state index contributed by atoms with van der Waals surface area (Å²) >= 11 is 0. The molecule has 11 nitrogen and oxygen atoms in total. The molecule has 0 radical (unpaired) electrons. The van der Waals surface area contributed by atoms with Gasteiger partial charge in [0.15, 0.2) is 0 Å². The number of carbonyl (C=O) groups excluding carboxylic acids is 2. The number of hydrogen-bond acceptors (Lipinski definition) is 7. The van der Waals surface area contributed by atoms with Gasteiger partial charge >= 0.3 is 0 Å². The van der Waals surface area contributed by atoms with Crippen LogP contribution < -0.4 is 10.9 Å². The molecule has 0 aromatic carbocycles. The number of nitrogens with one attached hydrogen (secondary N) is 1. The van der Waals surface area contributed by atoms with Gasteiger partial charge in [-0.25, -0.2) is 9.37 Å². The van der Waals surface area contributed by atoms with Gasteiger partial charge in [-0.3, -0.25) is 14.4 Å². The summed E-state index contributed by atoms with van der Waals surface area (Å²) < 4.78 is 20.7. The maximum absolute atomic E-state index is 13.2. The number of amides is 2. The number of aliphatic hydroxyl groups is 1. The molecule has 0 bridgehead atoms. The van der Waals surface area contributed by atoms with E-state index < -0.39 is 29.8 Å². The van der Waals surface area contributed by atoms with Gasteiger partial charge in [-0.2, -0.15) is 9.61 Å². The van der Waals surface area contributed by atoms with Crippen molar-refractivity contribution >= 4 is 23.3 Å². The highest BCUT2D eigenvalue weighted by Gasteiger charge is 2.37. The summed E-state index contributed by atoms with van der Waals surface area (Å²) in [7, 11) is 1.52. The van der Waals surface area contributed by atoms with Gasteiger partial charge in [-0.1, -0.05) is 0 Å². The summed E-state index contributed by atoms with van der Waals surface area (Å²) in [6.07, 6.45) is 0.966. The minimum absolute atomic E-state index is 0.0446. The van der Waals surface area contributed by atoms with E-state index in [-0.39, 0.29) is 54.2 Å². The van der Waals surface area contributed by atoms with Crippen molar-refractivity contribution in [3.05, 3.63) is 57.5 Å². The zero-order chi connectivity index (χ0) is 23.0. The van der Waals surface area contributed by atoms with Crippen LogP contribution in [0.15, 0.2) is 29.2 Å². The molecule has 4 rings (SSSR count). The molecular weight excluding hydrogens is 423 g/mol. The fraction of sp³-hybridized carbons (Fsp3) is 0.350. The molecule has 2 N–H and O–H groups in total. The van der Waals surface area contributed by atoms with E-state index in [4.69, 9.17) is 4.74 Å². The number of methoxy groups -OCH3 is 1. The average Bonchev–Trinajstić information content (AvgIpc) is 3.35. The van der Waals surface area contributed by atoms with Crippen molar-refractivity contribution in [3.8, 4) is 0 Å². The summed E-state index contributed by atoms with van der Waals surface area (Å²) in [5.74, 6) is -1.37. The van der Waals surface area contributed by atoms with E-state index in [0.29, 0.717) is 0 Å². The second-order valence-corrected chi connectivity index (χ2v) is 7.43. The average molecular weight is 444 g/mol. The first kappa shape index (κ1) is 21.6. The number of nitrogens with zero attached hydrogens (tertiary/aromatic N) is 5. The smallest absolute Gasteiger partial charge is 0.280 e. The third kappa shape index (κ3) is 3.74. The van der Waals surface area contributed by atoms with Gasteiger partial charge in [0.05, 0.1) is 43.3 Å². The minimum Gasteiger partial charge on any atom is -0.390 e. The van der Waals surface area contributed by atoms with Gasteiger partial charge in [0.2, 0.25) is 5.91 Å². The van der Waals surface area contributed by atoms with Crippen LogP contribution in [0.5, 0.6) is 0 Å². The molecule has 1 atom stereocenters. The van der Waals surface area contributed by atoms with Crippen LogP contribution in [0.2, 0.25) is 0 Å². The third-order valence-corrected chi connectivity index (χ3v) is 5.21. The molecule has 3 aromatic heterocycles. The van der Waals surface area contributed by atoms with Gasteiger partial charge in [-0.05, 0) is 19.1 Å². The number of aromatic nitrogens is 4. The van der Waals surface area contributed by atoms with Crippen LogP contribution in [0.3, 0.4) is 0 Å². The number of hydrogen-bond donors (Lipinski definition) is 2. The molecule has 168 valence electrons. The van der Waals surface area contributed by atoms with Crippen LogP contribution in [0.1, 0.15) is 28.7 Å². The summed E-state index contributed by atoms with van der Waals surface area (Å²) in [6.45, 7) is 1.37. The Kier molecular flexibility index (Phi) is 5.72. The Balaban J connectivity index is 1.77. The molecule has 0 unspecified atom stereocenters. The number of pyridine rings is 1. The van der Waals surface area contributed by atoms with Crippen molar-refractivity contribution in [1.29, 1.82) is 0 Å². The number of carbonyl (C=O) groups is 2. The molecule has 0 aliphatic carbocycles. The van der Waals surface area contributed by atoms with Crippen molar-refractivity contribution < 1.29 is 23.8 Å². The normalized spacial score (nSPS) is 14.1. The van der Waals surface area contributed by atoms with Crippen molar-refractivity contribution in [2.45, 2.75) is 32.7 Å². The van der Waals surface area contributed by atoms with E-state index in [1.165, 1.54) is 28.7 Å². The number of aliphatic hydroxyl groups excluding tert-OH is 1. The lowest BCUT2D eigenvalue weighted by molar-refractivity contribution is -0.116. The van der Waals surface area contributed by atoms with Crippen LogP contribution in [-0.2, 0) is 29.2 Å². The Bertz CT molecular complexity index is 1250. The van der Waals surface area contributed by atoms with Crippen LogP contribution in [0.25, 0.3) is 5.65 Å². The largest absolute Gasteiger partial charge is 0.390 e. The topological polar surface area (TPSA) is 131 Å². The number of anilines is 1. The summed E-state index contributed by atoms with van der Waals surface area (Å²) in [6, 6.07) is 3.60.